The third-order valence-electron chi connectivity index (χ3n) is 2.95. The van der Waals surface area contributed by atoms with Crippen LogP contribution in [0.3, 0.4) is 0 Å². The summed E-state index contributed by atoms with van der Waals surface area (Å²) in [6.07, 6.45) is 4.04. The molecule has 0 saturated heterocycles. The Balaban J connectivity index is 2.13. The molecule has 4 N–H and O–H groups in total. The molecule has 1 aliphatic carbocycles. The minimum atomic E-state index is 0.0540. The monoisotopic (exact) mass is 220 g/mol. The van der Waals surface area contributed by atoms with E-state index < -0.39 is 0 Å². The summed E-state index contributed by atoms with van der Waals surface area (Å²) in [7, 11) is 0. The van der Waals surface area contributed by atoms with Crippen molar-refractivity contribution in [3.63, 3.8) is 0 Å². The van der Waals surface area contributed by atoms with Crippen molar-refractivity contribution < 1.29 is 5.21 Å². The third-order valence-corrected chi connectivity index (χ3v) is 2.95. The van der Waals surface area contributed by atoms with Crippen LogP contribution in [0.4, 0.5) is 0 Å². The Morgan fingerprint density at radius 3 is 3.06 bits per heavy atom. The molecule has 0 bridgehead atoms. The highest BCUT2D eigenvalue weighted by Crippen LogP contribution is 2.34. The van der Waals surface area contributed by atoms with Crippen molar-refractivity contribution in [2.24, 2.45) is 10.9 Å². The molecular weight excluding hydrogens is 204 g/mol. The Morgan fingerprint density at radius 2 is 2.44 bits per heavy atom. The molecule has 1 fully saturated rings. The second-order valence-corrected chi connectivity index (χ2v) is 4.41. The van der Waals surface area contributed by atoms with Gasteiger partial charge in [0.15, 0.2) is 5.84 Å². The van der Waals surface area contributed by atoms with Gasteiger partial charge in [0.05, 0.1) is 0 Å². The molecule has 0 unspecified atom stereocenters. The van der Waals surface area contributed by atoms with Crippen LogP contribution in [0.15, 0.2) is 23.5 Å². The van der Waals surface area contributed by atoms with Crippen LogP contribution in [0.2, 0.25) is 0 Å². The number of amidine groups is 1. The molecule has 1 saturated carbocycles. The molecule has 0 atom stereocenters. The topological polar surface area (TPSA) is 83.5 Å². The molecule has 0 aromatic carbocycles. The highest BCUT2D eigenvalue weighted by molar-refractivity contribution is 5.96. The second kappa shape index (κ2) is 4.09. The summed E-state index contributed by atoms with van der Waals surface area (Å²) >= 11 is 0. The van der Waals surface area contributed by atoms with E-state index in [4.69, 9.17) is 10.9 Å². The summed E-state index contributed by atoms with van der Waals surface area (Å²) in [5.41, 5.74) is 7.32. The highest BCUT2D eigenvalue weighted by Gasteiger charge is 2.36. The number of pyridine rings is 1. The molecule has 0 radical (unpaired) electrons. The molecular formula is C11H16N4O. The minimum absolute atomic E-state index is 0.0540. The Morgan fingerprint density at radius 1 is 1.69 bits per heavy atom. The van der Waals surface area contributed by atoms with Gasteiger partial charge in [-0.25, -0.2) is 0 Å². The lowest BCUT2D eigenvalue weighted by atomic mass is 10.1. The molecule has 1 aliphatic rings. The van der Waals surface area contributed by atoms with Crippen LogP contribution >= 0.6 is 0 Å². The molecule has 1 aromatic heterocycles. The van der Waals surface area contributed by atoms with Gasteiger partial charge in [0.1, 0.15) is 5.69 Å². The largest absolute Gasteiger partial charge is 0.409 e. The van der Waals surface area contributed by atoms with Crippen molar-refractivity contribution in [3.05, 3.63) is 29.6 Å². The van der Waals surface area contributed by atoms with Gasteiger partial charge in [-0.15, -0.1) is 0 Å². The van der Waals surface area contributed by atoms with Crippen LogP contribution in [0.25, 0.3) is 0 Å². The van der Waals surface area contributed by atoms with Gasteiger partial charge in [-0.2, -0.15) is 0 Å². The Bertz CT molecular complexity index is 412. The highest BCUT2D eigenvalue weighted by atomic mass is 16.4. The van der Waals surface area contributed by atoms with Crippen LogP contribution in [-0.2, 0) is 6.54 Å². The van der Waals surface area contributed by atoms with E-state index in [2.05, 4.69) is 22.4 Å². The maximum absolute atomic E-state index is 8.66. The summed E-state index contributed by atoms with van der Waals surface area (Å²) in [5.74, 6) is 0.0540. The zero-order chi connectivity index (χ0) is 11.6. The fraction of sp³-hybridized carbons (Fsp3) is 0.455. The number of oxime groups is 1. The van der Waals surface area contributed by atoms with Gasteiger partial charge in [0.2, 0.25) is 0 Å². The van der Waals surface area contributed by atoms with Crippen molar-refractivity contribution in [1.82, 2.24) is 10.3 Å². The fourth-order valence-electron chi connectivity index (χ4n) is 1.53. The smallest absolute Gasteiger partial charge is 0.189 e. The molecule has 0 aliphatic heterocycles. The van der Waals surface area contributed by atoms with E-state index in [0.717, 1.165) is 5.56 Å². The average molecular weight is 220 g/mol. The first-order valence-corrected chi connectivity index (χ1v) is 5.31. The van der Waals surface area contributed by atoms with Crippen LogP contribution in [0.5, 0.6) is 0 Å². The first-order valence-electron chi connectivity index (χ1n) is 5.31. The second-order valence-electron chi connectivity index (χ2n) is 4.41. The minimum Gasteiger partial charge on any atom is -0.409 e. The molecule has 5 heteroatoms. The van der Waals surface area contributed by atoms with Crippen molar-refractivity contribution in [3.8, 4) is 0 Å². The van der Waals surface area contributed by atoms with E-state index in [9.17, 15) is 0 Å². The third kappa shape index (κ3) is 2.30. The van der Waals surface area contributed by atoms with Crippen LogP contribution in [0.1, 0.15) is 31.0 Å². The molecule has 0 spiro atoms. The maximum Gasteiger partial charge on any atom is 0.189 e. The lowest BCUT2D eigenvalue weighted by molar-refractivity contribution is 0.318. The van der Waals surface area contributed by atoms with Crippen LogP contribution < -0.4 is 11.1 Å². The van der Waals surface area contributed by atoms with Gasteiger partial charge >= 0.3 is 0 Å². The van der Waals surface area contributed by atoms with Crippen molar-refractivity contribution in [1.29, 1.82) is 0 Å². The van der Waals surface area contributed by atoms with Crippen molar-refractivity contribution >= 4 is 5.84 Å². The van der Waals surface area contributed by atoms with Gasteiger partial charge in [-0.1, -0.05) is 11.2 Å². The van der Waals surface area contributed by atoms with E-state index in [0.29, 0.717) is 12.2 Å². The summed E-state index contributed by atoms with van der Waals surface area (Å²) in [5, 5.41) is 15.1. The quantitative estimate of drug-likeness (QED) is 0.303. The Labute approximate surface area is 94.4 Å². The van der Waals surface area contributed by atoms with E-state index >= 15 is 0 Å². The van der Waals surface area contributed by atoms with E-state index in [1.165, 1.54) is 12.8 Å². The predicted octanol–water partition coefficient (Wildman–Crippen LogP) is 0.818. The van der Waals surface area contributed by atoms with E-state index in [1.54, 1.807) is 6.20 Å². The molecule has 86 valence electrons. The average Bonchev–Trinajstić information content (AvgIpc) is 3.05. The number of nitrogens with two attached hydrogens (primary N) is 1. The summed E-state index contributed by atoms with van der Waals surface area (Å²) in [6, 6.07) is 3.78. The van der Waals surface area contributed by atoms with Crippen molar-refractivity contribution in [2.45, 2.75) is 31.8 Å². The first kappa shape index (κ1) is 10.9. The molecule has 0 amide bonds. The number of nitrogens with one attached hydrogen (secondary N) is 1. The molecule has 1 aromatic rings. The van der Waals surface area contributed by atoms with Gasteiger partial charge < -0.3 is 16.3 Å². The molecule has 1 heterocycles. The Kier molecular flexibility index (Phi) is 2.78. The number of nitrogens with zero attached hydrogens (tertiary/aromatic N) is 2. The maximum atomic E-state index is 8.66. The zero-order valence-corrected chi connectivity index (χ0v) is 9.27. The fourth-order valence-corrected chi connectivity index (χ4v) is 1.53. The van der Waals surface area contributed by atoms with Gasteiger partial charge in [0.25, 0.3) is 0 Å². The van der Waals surface area contributed by atoms with E-state index in [1.807, 2.05) is 12.1 Å². The summed E-state index contributed by atoms with van der Waals surface area (Å²) in [4.78, 5) is 4.11. The molecule has 2 rings (SSSR count). The predicted molar refractivity (Wildman–Crippen MR) is 61.2 cm³/mol. The standard InChI is InChI=1S/C11H16N4O/c1-11(4-5-11)14-7-8-3-2-6-13-9(8)10(12)15-16/h2-3,6,14,16H,4-5,7H2,1H3,(H2,12,15). The Hall–Kier alpha value is -1.62. The van der Waals surface area contributed by atoms with Crippen LogP contribution in [-0.4, -0.2) is 21.6 Å². The zero-order valence-electron chi connectivity index (χ0n) is 9.27. The van der Waals surface area contributed by atoms with Gasteiger partial charge in [0, 0.05) is 18.3 Å². The molecule has 5 nitrogen and oxygen atoms in total. The first-order chi connectivity index (χ1) is 7.64. The number of aromatic nitrogens is 1. The number of hydrogen-bond donors (Lipinski definition) is 3. The number of hydrogen-bond acceptors (Lipinski definition) is 4. The van der Waals surface area contributed by atoms with Gasteiger partial charge in [-0.05, 0) is 31.4 Å². The lowest BCUT2D eigenvalue weighted by Gasteiger charge is -2.13. The summed E-state index contributed by atoms with van der Waals surface area (Å²) < 4.78 is 0. The van der Waals surface area contributed by atoms with Crippen LogP contribution in [0, 0.1) is 0 Å². The van der Waals surface area contributed by atoms with E-state index in [-0.39, 0.29) is 11.4 Å². The van der Waals surface area contributed by atoms with Gasteiger partial charge in [-0.3, -0.25) is 4.98 Å². The SMILES string of the molecule is CC1(NCc2cccnc2/C(N)=N/O)CC1. The molecule has 16 heavy (non-hydrogen) atoms. The van der Waals surface area contributed by atoms with Crippen molar-refractivity contribution in [2.75, 3.05) is 0 Å². The summed E-state index contributed by atoms with van der Waals surface area (Å²) in [6.45, 7) is 2.88. The normalized spacial score (nSPS) is 18.4. The lowest BCUT2D eigenvalue weighted by Crippen LogP contribution is -2.29. The number of rotatable bonds is 4.